The Bertz CT molecular complexity index is 1350. The van der Waals surface area contributed by atoms with Crippen LogP contribution in [0.25, 0.3) is 11.1 Å². The summed E-state index contributed by atoms with van der Waals surface area (Å²) < 4.78 is 17.3. The third-order valence-corrected chi connectivity index (χ3v) is 7.09. The maximum Gasteiger partial charge on any atom is 0.408 e. The molecule has 2 atom stereocenters. The Hall–Kier alpha value is -4.41. The average molecular weight is 578 g/mol. The van der Waals surface area contributed by atoms with Crippen molar-refractivity contribution in [2.45, 2.75) is 70.6 Å². The lowest BCUT2D eigenvalue weighted by molar-refractivity contribution is -0.144. The summed E-state index contributed by atoms with van der Waals surface area (Å²) in [5.74, 6) is -0.487. The smallest absolute Gasteiger partial charge is 0.408 e. The molecule has 4 rings (SSSR count). The number of hydrogen-bond acceptors (Lipinski definition) is 8. The standard InChI is InChI=1S/C31H39N5O6/c1-20(28(37)40-5)36-27(18-33-35-36)26(34-30(39)42-31(2,3)4)16-10-11-17-32-29(38)41-19-25-23-14-8-6-12-21(23)22-13-7-9-15-24(22)25/h6-9,12-15,18,20,25-26H,10-11,16-17,19H2,1-5H3,(H,32,38)(H,34,39)/t20-,26-/m0/s1. The number of amides is 2. The molecular formula is C31H39N5O6. The first kappa shape index (κ1) is 30.5. The number of rotatable bonds is 11. The molecular weight excluding hydrogens is 538 g/mol. The molecule has 1 aliphatic carbocycles. The predicted octanol–water partition coefficient (Wildman–Crippen LogP) is 5.29. The largest absolute Gasteiger partial charge is 0.467 e. The number of unbranched alkanes of at least 4 members (excludes halogenated alkanes) is 1. The van der Waals surface area contributed by atoms with E-state index in [9.17, 15) is 14.4 Å². The molecule has 0 unspecified atom stereocenters. The second-order valence-electron chi connectivity index (χ2n) is 11.2. The molecule has 1 aliphatic rings. The Labute approximate surface area is 245 Å². The highest BCUT2D eigenvalue weighted by Gasteiger charge is 2.29. The minimum Gasteiger partial charge on any atom is -0.467 e. The van der Waals surface area contributed by atoms with Gasteiger partial charge in [0.25, 0.3) is 0 Å². The summed E-state index contributed by atoms with van der Waals surface area (Å²) in [4.78, 5) is 37.3. The molecule has 11 nitrogen and oxygen atoms in total. The van der Waals surface area contributed by atoms with E-state index in [0.29, 0.717) is 31.5 Å². The van der Waals surface area contributed by atoms with Crippen LogP contribution in [0.5, 0.6) is 0 Å². The van der Waals surface area contributed by atoms with Crippen LogP contribution >= 0.6 is 0 Å². The molecule has 11 heteroatoms. The molecule has 0 aliphatic heterocycles. The van der Waals surface area contributed by atoms with Crippen molar-refractivity contribution in [1.82, 2.24) is 25.6 Å². The lowest BCUT2D eigenvalue weighted by atomic mass is 9.98. The maximum atomic E-state index is 12.6. The Kier molecular flexibility index (Phi) is 9.82. The zero-order chi connectivity index (χ0) is 30.3. The van der Waals surface area contributed by atoms with Crippen LogP contribution in [0, 0.1) is 0 Å². The highest BCUT2D eigenvalue weighted by molar-refractivity contribution is 5.79. The number of alkyl carbamates (subject to hydrolysis) is 2. The second-order valence-corrected chi connectivity index (χ2v) is 11.2. The van der Waals surface area contributed by atoms with Crippen molar-refractivity contribution in [3.05, 3.63) is 71.5 Å². The minimum absolute atomic E-state index is 0.00585. The van der Waals surface area contributed by atoms with Gasteiger partial charge in [-0.3, -0.25) is 0 Å². The van der Waals surface area contributed by atoms with Crippen LogP contribution in [0.4, 0.5) is 9.59 Å². The lowest BCUT2D eigenvalue weighted by Crippen LogP contribution is -2.36. The van der Waals surface area contributed by atoms with E-state index in [-0.39, 0.29) is 12.5 Å². The molecule has 42 heavy (non-hydrogen) atoms. The van der Waals surface area contributed by atoms with Crippen molar-refractivity contribution in [3.8, 4) is 11.1 Å². The van der Waals surface area contributed by atoms with Gasteiger partial charge < -0.3 is 24.8 Å². The number of hydrogen-bond donors (Lipinski definition) is 2. The Morgan fingerprint density at radius 3 is 2.24 bits per heavy atom. The minimum atomic E-state index is -0.731. The molecule has 0 fully saturated rings. The highest BCUT2D eigenvalue weighted by atomic mass is 16.6. The maximum absolute atomic E-state index is 12.6. The first-order valence-electron chi connectivity index (χ1n) is 14.1. The van der Waals surface area contributed by atoms with Gasteiger partial charge in [0, 0.05) is 12.5 Å². The fourth-order valence-corrected chi connectivity index (χ4v) is 5.13. The molecule has 0 bridgehead atoms. The van der Waals surface area contributed by atoms with Gasteiger partial charge >= 0.3 is 18.2 Å². The predicted molar refractivity (Wildman–Crippen MR) is 156 cm³/mol. The molecule has 0 saturated carbocycles. The third kappa shape index (κ3) is 7.45. The Morgan fingerprint density at radius 2 is 1.62 bits per heavy atom. The van der Waals surface area contributed by atoms with Crippen molar-refractivity contribution in [3.63, 3.8) is 0 Å². The number of carbonyl (C=O) groups is 3. The van der Waals surface area contributed by atoms with E-state index >= 15 is 0 Å². The van der Waals surface area contributed by atoms with E-state index in [0.717, 1.165) is 11.1 Å². The number of carbonyl (C=O) groups excluding carboxylic acids is 3. The fraction of sp³-hybridized carbons (Fsp3) is 0.452. The number of ether oxygens (including phenoxy) is 3. The van der Waals surface area contributed by atoms with Gasteiger partial charge in [-0.15, -0.1) is 5.10 Å². The number of nitrogens with zero attached hydrogens (tertiary/aromatic N) is 3. The number of methoxy groups -OCH3 is 1. The SMILES string of the molecule is COC(=O)[C@H](C)n1nncc1[C@H](CCCCNC(=O)OCC1c2ccccc2-c2ccccc21)NC(=O)OC(C)(C)C. The monoisotopic (exact) mass is 577 g/mol. The van der Waals surface area contributed by atoms with Crippen molar-refractivity contribution in [1.29, 1.82) is 0 Å². The summed E-state index contributed by atoms with van der Waals surface area (Å²) in [6.07, 6.45) is 2.20. The van der Waals surface area contributed by atoms with Crippen LogP contribution in [0.1, 0.15) is 81.8 Å². The van der Waals surface area contributed by atoms with Crippen LogP contribution < -0.4 is 10.6 Å². The van der Waals surface area contributed by atoms with Gasteiger partial charge in [0.05, 0.1) is 25.0 Å². The summed E-state index contributed by atoms with van der Waals surface area (Å²) in [6.45, 7) is 7.63. The first-order chi connectivity index (χ1) is 20.1. The van der Waals surface area contributed by atoms with E-state index in [4.69, 9.17) is 14.2 Å². The summed E-state index contributed by atoms with van der Waals surface area (Å²) >= 11 is 0. The van der Waals surface area contributed by atoms with E-state index in [1.807, 2.05) is 24.3 Å². The van der Waals surface area contributed by atoms with Gasteiger partial charge in [-0.1, -0.05) is 53.7 Å². The first-order valence-corrected chi connectivity index (χ1v) is 14.1. The quantitative estimate of drug-likeness (QED) is 0.178. The molecule has 224 valence electrons. The number of nitrogens with one attached hydrogen (secondary N) is 2. The third-order valence-electron chi connectivity index (χ3n) is 7.09. The molecule has 2 aromatic carbocycles. The van der Waals surface area contributed by atoms with Crippen molar-refractivity contribution in [2.24, 2.45) is 0 Å². The average Bonchev–Trinajstić information content (AvgIpc) is 3.57. The van der Waals surface area contributed by atoms with Crippen LogP contribution in [0.2, 0.25) is 0 Å². The molecule has 1 heterocycles. The number of benzene rings is 2. The summed E-state index contributed by atoms with van der Waals surface area (Å²) in [5, 5.41) is 13.7. The van der Waals surface area contributed by atoms with Crippen LogP contribution in [0.3, 0.4) is 0 Å². The second kappa shape index (κ2) is 13.5. The number of fused-ring (bicyclic) bond motifs is 3. The van der Waals surface area contributed by atoms with Crippen LogP contribution in [0.15, 0.2) is 54.7 Å². The molecule has 0 radical (unpaired) electrons. The van der Waals surface area contributed by atoms with Gasteiger partial charge in [0.2, 0.25) is 0 Å². The number of esters is 1. The Morgan fingerprint density at radius 1 is 0.976 bits per heavy atom. The van der Waals surface area contributed by atoms with E-state index in [2.05, 4.69) is 45.2 Å². The van der Waals surface area contributed by atoms with Crippen molar-refractivity contribution in [2.75, 3.05) is 20.3 Å². The van der Waals surface area contributed by atoms with Gasteiger partial charge in [-0.25, -0.2) is 19.1 Å². The van der Waals surface area contributed by atoms with Crippen molar-refractivity contribution < 1.29 is 28.6 Å². The summed E-state index contributed by atoms with van der Waals surface area (Å²) in [6, 6.07) is 15.1. The normalized spacial score (nSPS) is 13.8. The van der Waals surface area contributed by atoms with E-state index in [1.54, 1.807) is 27.7 Å². The summed E-state index contributed by atoms with van der Waals surface area (Å²) in [5.41, 5.74) is 4.53. The zero-order valence-electron chi connectivity index (χ0n) is 24.8. The Balaban J connectivity index is 1.30. The topological polar surface area (TPSA) is 134 Å². The number of aromatic nitrogens is 3. The lowest BCUT2D eigenvalue weighted by Gasteiger charge is -2.24. The van der Waals surface area contributed by atoms with E-state index < -0.39 is 35.8 Å². The van der Waals surface area contributed by atoms with E-state index in [1.165, 1.54) is 29.1 Å². The van der Waals surface area contributed by atoms with Crippen LogP contribution in [-0.2, 0) is 19.0 Å². The van der Waals surface area contributed by atoms with Gasteiger partial charge in [-0.2, -0.15) is 0 Å². The van der Waals surface area contributed by atoms with Gasteiger partial charge in [0.1, 0.15) is 18.2 Å². The highest BCUT2D eigenvalue weighted by Crippen LogP contribution is 2.44. The summed E-state index contributed by atoms with van der Waals surface area (Å²) in [7, 11) is 1.30. The fourth-order valence-electron chi connectivity index (χ4n) is 5.13. The van der Waals surface area contributed by atoms with Crippen LogP contribution in [-0.4, -0.2) is 59.0 Å². The molecule has 1 aromatic heterocycles. The zero-order valence-corrected chi connectivity index (χ0v) is 24.8. The molecule has 3 aromatic rings. The molecule has 0 saturated heterocycles. The van der Waals surface area contributed by atoms with Gasteiger partial charge in [0.15, 0.2) is 0 Å². The van der Waals surface area contributed by atoms with Gasteiger partial charge in [-0.05, 0) is 69.2 Å². The molecule has 0 spiro atoms. The van der Waals surface area contributed by atoms with Crippen molar-refractivity contribution >= 4 is 18.2 Å². The molecule has 2 N–H and O–H groups in total. The molecule has 2 amide bonds.